The molecule has 2 aromatic rings. The fraction of sp³-hybridized carbons (Fsp3) is 0.409. The number of sulfonamides is 1. The van der Waals surface area contributed by atoms with Crippen molar-refractivity contribution in [1.29, 1.82) is 0 Å². The van der Waals surface area contributed by atoms with Gasteiger partial charge in [0.25, 0.3) is 0 Å². The number of halogens is 1. The lowest BCUT2D eigenvalue weighted by molar-refractivity contribution is -0.135. The van der Waals surface area contributed by atoms with Crippen LogP contribution in [-0.4, -0.2) is 56.8 Å². The minimum atomic E-state index is -3.76. The first-order chi connectivity index (χ1) is 14.3. The number of hydrogen-bond donors (Lipinski definition) is 0. The second-order valence-electron chi connectivity index (χ2n) is 7.53. The van der Waals surface area contributed by atoms with Gasteiger partial charge in [0.1, 0.15) is 18.2 Å². The van der Waals surface area contributed by atoms with Crippen molar-refractivity contribution < 1.29 is 22.3 Å². The molecule has 0 radical (unpaired) electrons. The summed E-state index contributed by atoms with van der Waals surface area (Å²) in [5.74, 6) is -0.206. The Kier molecular flexibility index (Phi) is 7.10. The summed E-state index contributed by atoms with van der Waals surface area (Å²) in [6.45, 7) is 3.21. The van der Waals surface area contributed by atoms with Crippen LogP contribution in [0.3, 0.4) is 0 Å². The van der Waals surface area contributed by atoms with Crippen LogP contribution in [0.2, 0.25) is 0 Å². The van der Waals surface area contributed by atoms with E-state index in [4.69, 9.17) is 4.74 Å². The predicted octanol–water partition coefficient (Wildman–Crippen LogP) is 3.07. The minimum absolute atomic E-state index is 0.0389. The van der Waals surface area contributed by atoms with Gasteiger partial charge < -0.3 is 9.64 Å². The Balaban J connectivity index is 1.58. The van der Waals surface area contributed by atoms with E-state index in [0.717, 1.165) is 23.4 Å². The maximum Gasteiger partial charge on any atom is 0.243 e. The van der Waals surface area contributed by atoms with Gasteiger partial charge in [-0.1, -0.05) is 18.2 Å². The van der Waals surface area contributed by atoms with E-state index in [9.17, 15) is 17.6 Å². The number of ether oxygens (including phenoxy) is 1. The summed E-state index contributed by atoms with van der Waals surface area (Å²) in [7, 11) is -2.05. The smallest absolute Gasteiger partial charge is 0.243 e. The zero-order valence-corrected chi connectivity index (χ0v) is 18.1. The van der Waals surface area contributed by atoms with Gasteiger partial charge in [0.05, 0.1) is 17.4 Å². The maximum atomic E-state index is 13.1. The highest BCUT2D eigenvalue weighted by atomic mass is 32.2. The third-order valence-electron chi connectivity index (χ3n) is 5.34. The number of rotatable bonds is 7. The number of hydrogen-bond acceptors (Lipinski definition) is 4. The van der Waals surface area contributed by atoms with Crippen molar-refractivity contribution in [1.82, 2.24) is 9.21 Å². The first-order valence-corrected chi connectivity index (χ1v) is 11.4. The molecule has 6 nitrogen and oxygen atoms in total. The molecule has 0 bridgehead atoms. The monoisotopic (exact) mass is 434 g/mol. The van der Waals surface area contributed by atoms with Crippen molar-refractivity contribution in [2.24, 2.45) is 5.92 Å². The van der Waals surface area contributed by atoms with Crippen LogP contribution in [0.25, 0.3) is 0 Å². The molecular weight excluding hydrogens is 407 g/mol. The van der Waals surface area contributed by atoms with Gasteiger partial charge in [0.2, 0.25) is 15.9 Å². The normalized spacial score (nSPS) is 17.5. The van der Waals surface area contributed by atoms with Crippen molar-refractivity contribution in [2.75, 3.05) is 33.3 Å². The van der Waals surface area contributed by atoms with E-state index in [0.29, 0.717) is 32.5 Å². The molecule has 1 fully saturated rings. The third kappa shape index (κ3) is 5.17. The van der Waals surface area contributed by atoms with Crippen molar-refractivity contribution in [3.8, 4) is 5.75 Å². The average molecular weight is 435 g/mol. The molecule has 0 aromatic heterocycles. The first-order valence-electron chi connectivity index (χ1n) is 9.98. The molecule has 0 N–H and O–H groups in total. The van der Waals surface area contributed by atoms with Gasteiger partial charge in [-0.2, -0.15) is 4.31 Å². The first kappa shape index (κ1) is 22.2. The van der Waals surface area contributed by atoms with E-state index in [1.54, 1.807) is 11.9 Å². The Labute approximate surface area is 177 Å². The van der Waals surface area contributed by atoms with Gasteiger partial charge >= 0.3 is 0 Å². The summed E-state index contributed by atoms with van der Waals surface area (Å²) in [5, 5.41) is 0. The van der Waals surface area contributed by atoms with Crippen LogP contribution in [-0.2, 0) is 14.8 Å². The summed E-state index contributed by atoms with van der Waals surface area (Å²) < 4.78 is 45.9. The molecule has 0 aliphatic carbocycles. The fourth-order valence-electron chi connectivity index (χ4n) is 3.55. The standard InChI is InChI=1S/C22H27FN2O4S/c1-17-6-3-4-8-21(17)29-15-14-24(2)22(26)18-7-5-13-25(16-18)30(27,28)20-11-9-19(23)10-12-20/h3-4,6,8-12,18H,5,7,13-16H2,1-2H3. The number of nitrogens with zero attached hydrogens (tertiary/aromatic N) is 2. The number of amides is 1. The van der Waals surface area contributed by atoms with Crippen LogP contribution in [0.1, 0.15) is 18.4 Å². The second kappa shape index (κ2) is 9.57. The number of likely N-dealkylation sites (N-methyl/N-ethyl adjacent to an activating group) is 1. The zero-order chi connectivity index (χ0) is 21.7. The topological polar surface area (TPSA) is 66.9 Å². The Bertz CT molecular complexity index is 979. The highest BCUT2D eigenvalue weighted by Gasteiger charge is 2.34. The number of piperidine rings is 1. The lowest BCUT2D eigenvalue weighted by Gasteiger charge is -2.33. The summed E-state index contributed by atoms with van der Waals surface area (Å²) >= 11 is 0. The molecule has 3 rings (SSSR count). The molecule has 1 amide bonds. The second-order valence-corrected chi connectivity index (χ2v) is 9.47. The lowest BCUT2D eigenvalue weighted by Crippen LogP contribution is -2.46. The minimum Gasteiger partial charge on any atom is -0.491 e. The van der Waals surface area contributed by atoms with Crippen molar-refractivity contribution in [3.63, 3.8) is 0 Å². The Morgan fingerprint density at radius 2 is 1.90 bits per heavy atom. The van der Waals surface area contributed by atoms with Gasteiger partial charge in [-0.3, -0.25) is 4.79 Å². The van der Waals surface area contributed by atoms with Crippen LogP contribution in [0, 0.1) is 18.7 Å². The molecule has 1 saturated heterocycles. The molecule has 0 spiro atoms. The van der Waals surface area contributed by atoms with Gasteiger partial charge in [-0.25, -0.2) is 12.8 Å². The largest absolute Gasteiger partial charge is 0.491 e. The fourth-order valence-corrected chi connectivity index (χ4v) is 5.07. The summed E-state index contributed by atoms with van der Waals surface area (Å²) in [6, 6.07) is 12.4. The molecule has 1 heterocycles. The van der Waals surface area contributed by atoms with E-state index in [2.05, 4.69) is 0 Å². The van der Waals surface area contributed by atoms with E-state index < -0.39 is 21.8 Å². The molecule has 162 valence electrons. The number of carbonyl (C=O) groups is 1. The summed E-state index contributed by atoms with van der Waals surface area (Å²) in [6.07, 6.45) is 1.24. The maximum absolute atomic E-state index is 13.1. The highest BCUT2D eigenvalue weighted by Crippen LogP contribution is 2.25. The molecule has 1 atom stereocenters. The quantitative estimate of drug-likeness (QED) is 0.672. The third-order valence-corrected chi connectivity index (χ3v) is 7.22. The van der Waals surface area contributed by atoms with Crippen LogP contribution < -0.4 is 4.74 Å². The Morgan fingerprint density at radius 3 is 2.60 bits per heavy atom. The van der Waals surface area contributed by atoms with Gasteiger partial charge in [0, 0.05) is 20.1 Å². The molecule has 8 heteroatoms. The van der Waals surface area contributed by atoms with E-state index in [1.165, 1.54) is 16.4 Å². The Morgan fingerprint density at radius 1 is 1.20 bits per heavy atom. The van der Waals surface area contributed by atoms with Crippen LogP contribution in [0.4, 0.5) is 4.39 Å². The average Bonchev–Trinajstić information content (AvgIpc) is 2.75. The van der Waals surface area contributed by atoms with Crippen LogP contribution in [0.5, 0.6) is 5.75 Å². The zero-order valence-electron chi connectivity index (χ0n) is 17.3. The van der Waals surface area contributed by atoms with Crippen molar-refractivity contribution in [2.45, 2.75) is 24.7 Å². The van der Waals surface area contributed by atoms with E-state index in [1.807, 2.05) is 31.2 Å². The van der Waals surface area contributed by atoms with Crippen molar-refractivity contribution >= 4 is 15.9 Å². The summed E-state index contributed by atoms with van der Waals surface area (Å²) in [4.78, 5) is 14.5. The van der Waals surface area contributed by atoms with Gasteiger partial charge in [0.15, 0.2) is 0 Å². The number of aryl methyl sites for hydroxylation is 1. The number of para-hydroxylation sites is 1. The molecule has 1 aliphatic rings. The summed E-state index contributed by atoms with van der Waals surface area (Å²) in [5.41, 5.74) is 1.03. The number of benzene rings is 2. The number of carbonyl (C=O) groups excluding carboxylic acids is 1. The van der Waals surface area contributed by atoms with Crippen LogP contribution in [0.15, 0.2) is 53.4 Å². The van der Waals surface area contributed by atoms with E-state index >= 15 is 0 Å². The Hall–Kier alpha value is -2.45. The SMILES string of the molecule is Cc1ccccc1OCCN(C)C(=O)C1CCCN(S(=O)(=O)c2ccc(F)cc2)C1. The molecule has 1 unspecified atom stereocenters. The molecule has 2 aromatic carbocycles. The van der Waals surface area contributed by atoms with Gasteiger partial charge in [-0.05, 0) is 55.7 Å². The predicted molar refractivity (Wildman–Crippen MR) is 112 cm³/mol. The molecule has 1 aliphatic heterocycles. The van der Waals surface area contributed by atoms with Crippen LogP contribution >= 0.6 is 0 Å². The van der Waals surface area contributed by atoms with Crippen molar-refractivity contribution in [3.05, 3.63) is 59.9 Å². The molecule has 30 heavy (non-hydrogen) atoms. The van der Waals surface area contributed by atoms with E-state index in [-0.39, 0.29) is 17.3 Å². The molecular formula is C22H27FN2O4S. The lowest BCUT2D eigenvalue weighted by atomic mass is 9.98. The van der Waals surface area contributed by atoms with Gasteiger partial charge in [-0.15, -0.1) is 0 Å². The highest BCUT2D eigenvalue weighted by molar-refractivity contribution is 7.89. The molecule has 0 saturated carbocycles.